The molecule has 0 aliphatic heterocycles. The van der Waals surface area contributed by atoms with Crippen molar-refractivity contribution >= 4 is 17.6 Å². The maximum atomic E-state index is 11.0. The van der Waals surface area contributed by atoms with Crippen molar-refractivity contribution in [1.29, 1.82) is 0 Å². The molecule has 18 heavy (non-hydrogen) atoms. The monoisotopic (exact) mass is 249 g/mol. The van der Waals surface area contributed by atoms with Crippen LogP contribution in [0.2, 0.25) is 0 Å². The van der Waals surface area contributed by atoms with Crippen LogP contribution in [0.4, 0.5) is 5.69 Å². The molecule has 0 aliphatic rings. The second kappa shape index (κ2) is 6.44. The fraction of sp³-hybridized carbons (Fsp3) is 0.231. The molecule has 0 aliphatic carbocycles. The van der Waals surface area contributed by atoms with E-state index in [-0.39, 0.29) is 18.1 Å². The number of anilines is 1. The maximum Gasteiger partial charge on any atom is 0.331 e. The van der Waals surface area contributed by atoms with Crippen molar-refractivity contribution < 1.29 is 19.4 Å². The standard InChI is InChI=1S/C13H15NO4/c1-9(13(16)17)7-8-18-12-6-4-3-5-11(12)14-10(2)15/h3-7H,8H2,1-2H3,(H,14,15)(H,16,17). The Labute approximate surface area is 105 Å². The number of para-hydroxylation sites is 2. The molecule has 1 rings (SSSR count). The summed E-state index contributed by atoms with van der Waals surface area (Å²) in [6, 6.07) is 6.96. The molecule has 0 fully saturated rings. The first-order valence-corrected chi connectivity index (χ1v) is 5.40. The summed E-state index contributed by atoms with van der Waals surface area (Å²) in [6.07, 6.45) is 1.47. The second-order valence-corrected chi connectivity index (χ2v) is 3.68. The van der Waals surface area contributed by atoms with Crippen LogP contribution in [-0.2, 0) is 9.59 Å². The fourth-order valence-corrected chi connectivity index (χ4v) is 1.23. The van der Waals surface area contributed by atoms with Gasteiger partial charge in [0.15, 0.2) is 0 Å². The summed E-state index contributed by atoms with van der Waals surface area (Å²) in [5.41, 5.74) is 0.776. The largest absolute Gasteiger partial charge is 0.487 e. The van der Waals surface area contributed by atoms with Crippen LogP contribution in [0.15, 0.2) is 35.9 Å². The minimum atomic E-state index is -0.978. The number of nitrogens with one attached hydrogen (secondary N) is 1. The molecule has 0 saturated heterocycles. The first-order chi connectivity index (χ1) is 8.50. The zero-order valence-electron chi connectivity index (χ0n) is 10.3. The first kappa shape index (κ1) is 13.8. The van der Waals surface area contributed by atoms with E-state index < -0.39 is 5.97 Å². The van der Waals surface area contributed by atoms with E-state index in [0.29, 0.717) is 11.4 Å². The summed E-state index contributed by atoms with van der Waals surface area (Å²) in [7, 11) is 0. The highest BCUT2D eigenvalue weighted by atomic mass is 16.5. The number of rotatable bonds is 5. The molecule has 5 heteroatoms. The van der Waals surface area contributed by atoms with Gasteiger partial charge in [-0.3, -0.25) is 4.79 Å². The molecular weight excluding hydrogens is 234 g/mol. The topological polar surface area (TPSA) is 75.6 Å². The number of carbonyl (C=O) groups is 2. The Hall–Kier alpha value is -2.30. The van der Waals surface area contributed by atoms with E-state index in [9.17, 15) is 9.59 Å². The SMILES string of the molecule is CC(=O)Nc1ccccc1OCC=C(C)C(=O)O. The predicted molar refractivity (Wildman–Crippen MR) is 67.6 cm³/mol. The number of hydrogen-bond acceptors (Lipinski definition) is 3. The molecule has 1 aromatic carbocycles. The number of carboxylic acid groups (broad SMARTS) is 1. The average molecular weight is 249 g/mol. The number of aliphatic carboxylic acids is 1. The van der Waals surface area contributed by atoms with E-state index in [1.54, 1.807) is 24.3 Å². The molecule has 0 radical (unpaired) electrons. The highest BCUT2D eigenvalue weighted by Gasteiger charge is 2.04. The maximum absolute atomic E-state index is 11.0. The summed E-state index contributed by atoms with van der Waals surface area (Å²) in [4.78, 5) is 21.6. The summed E-state index contributed by atoms with van der Waals surface area (Å²) in [5, 5.41) is 11.3. The zero-order chi connectivity index (χ0) is 13.5. The highest BCUT2D eigenvalue weighted by molar-refractivity contribution is 5.90. The molecule has 0 saturated carbocycles. The van der Waals surface area contributed by atoms with Crippen molar-refractivity contribution in [3.8, 4) is 5.75 Å². The van der Waals surface area contributed by atoms with Gasteiger partial charge in [0.25, 0.3) is 0 Å². The predicted octanol–water partition coefficient (Wildman–Crippen LogP) is 2.05. The van der Waals surface area contributed by atoms with Crippen LogP contribution in [0.25, 0.3) is 0 Å². The Morgan fingerprint density at radius 2 is 2.00 bits per heavy atom. The lowest BCUT2D eigenvalue weighted by Gasteiger charge is -2.10. The smallest absolute Gasteiger partial charge is 0.331 e. The van der Waals surface area contributed by atoms with Gasteiger partial charge in [-0.15, -0.1) is 0 Å². The van der Waals surface area contributed by atoms with Crippen LogP contribution < -0.4 is 10.1 Å². The van der Waals surface area contributed by atoms with Crippen LogP contribution >= 0.6 is 0 Å². The molecule has 2 N–H and O–H groups in total. The number of ether oxygens (including phenoxy) is 1. The van der Waals surface area contributed by atoms with E-state index in [2.05, 4.69) is 5.32 Å². The number of carbonyl (C=O) groups excluding carboxylic acids is 1. The Balaban J connectivity index is 2.70. The molecule has 1 amide bonds. The van der Waals surface area contributed by atoms with Crippen LogP contribution in [0.3, 0.4) is 0 Å². The van der Waals surface area contributed by atoms with Crippen LogP contribution in [0.1, 0.15) is 13.8 Å². The Kier molecular flexibility index (Phi) is 4.92. The van der Waals surface area contributed by atoms with Crippen molar-refractivity contribution in [2.24, 2.45) is 0 Å². The van der Waals surface area contributed by atoms with Gasteiger partial charge in [-0.05, 0) is 25.1 Å². The molecule has 0 aromatic heterocycles. The molecule has 5 nitrogen and oxygen atoms in total. The lowest BCUT2D eigenvalue weighted by molar-refractivity contribution is -0.132. The van der Waals surface area contributed by atoms with E-state index >= 15 is 0 Å². The van der Waals surface area contributed by atoms with Crippen molar-refractivity contribution in [2.75, 3.05) is 11.9 Å². The Morgan fingerprint density at radius 3 is 2.61 bits per heavy atom. The molecule has 0 bridgehead atoms. The third kappa shape index (κ3) is 4.29. The molecule has 96 valence electrons. The van der Waals surface area contributed by atoms with Gasteiger partial charge in [-0.2, -0.15) is 0 Å². The third-order valence-electron chi connectivity index (χ3n) is 2.16. The number of benzene rings is 1. The van der Waals surface area contributed by atoms with E-state index in [0.717, 1.165) is 0 Å². The van der Waals surface area contributed by atoms with Crippen molar-refractivity contribution in [3.63, 3.8) is 0 Å². The Bertz CT molecular complexity index is 480. The summed E-state index contributed by atoms with van der Waals surface area (Å²) >= 11 is 0. The minimum absolute atomic E-state index is 0.134. The fourth-order valence-electron chi connectivity index (χ4n) is 1.23. The number of hydrogen-bond donors (Lipinski definition) is 2. The van der Waals surface area contributed by atoms with Crippen LogP contribution in [-0.4, -0.2) is 23.6 Å². The molecule has 0 atom stereocenters. The number of carboxylic acids is 1. The van der Waals surface area contributed by atoms with Crippen molar-refractivity contribution in [3.05, 3.63) is 35.9 Å². The molecule has 0 unspecified atom stereocenters. The zero-order valence-corrected chi connectivity index (χ0v) is 10.3. The van der Waals surface area contributed by atoms with Crippen molar-refractivity contribution in [2.45, 2.75) is 13.8 Å². The summed E-state index contributed by atoms with van der Waals surface area (Å²) < 4.78 is 5.40. The third-order valence-corrected chi connectivity index (χ3v) is 2.16. The summed E-state index contributed by atoms with van der Waals surface area (Å²) in [6.45, 7) is 3.03. The minimum Gasteiger partial charge on any atom is -0.487 e. The quantitative estimate of drug-likeness (QED) is 0.783. The first-order valence-electron chi connectivity index (χ1n) is 5.40. The van der Waals surface area contributed by atoms with Gasteiger partial charge in [-0.1, -0.05) is 12.1 Å². The number of amides is 1. The second-order valence-electron chi connectivity index (χ2n) is 3.68. The van der Waals surface area contributed by atoms with Gasteiger partial charge < -0.3 is 15.2 Å². The van der Waals surface area contributed by atoms with Crippen LogP contribution in [0, 0.1) is 0 Å². The van der Waals surface area contributed by atoms with Gasteiger partial charge >= 0.3 is 5.97 Å². The molecule has 1 aromatic rings. The normalized spacial score (nSPS) is 10.9. The molecule has 0 heterocycles. The van der Waals surface area contributed by atoms with Gasteiger partial charge in [-0.25, -0.2) is 4.79 Å². The summed E-state index contributed by atoms with van der Waals surface area (Å²) in [5.74, 6) is -0.667. The lowest BCUT2D eigenvalue weighted by Crippen LogP contribution is -2.08. The van der Waals surface area contributed by atoms with Gasteiger partial charge in [0.1, 0.15) is 12.4 Å². The highest BCUT2D eigenvalue weighted by Crippen LogP contribution is 2.23. The lowest BCUT2D eigenvalue weighted by atomic mass is 10.3. The van der Waals surface area contributed by atoms with Gasteiger partial charge in [0, 0.05) is 12.5 Å². The van der Waals surface area contributed by atoms with Crippen LogP contribution in [0.5, 0.6) is 5.75 Å². The Morgan fingerprint density at radius 1 is 1.33 bits per heavy atom. The van der Waals surface area contributed by atoms with Crippen molar-refractivity contribution in [1.82, 2.24) is 0 Å². The van der Waals surface area contributed by atoms with E-state index in [1.807, 2.05) is 0 Å². The van der Waals surface area contributed by atoms with E-state index in [4.69, 9.17) is 9.84 Å². The van der Waals surface area contributed by atoms with Gasteiger partial charge in [0.2, 0.25) is 5.91 Å². The average Bonchev–Trinajstić information content (AvgIpc) is 2.30. The van der Waals surface area contributed by atoms with Gasteiger partial charge in [0.05, 0.1) is 5.69 Å². The van der Waals surface area contributed by atoms with E-state index in [1.165, 1.54) is 19.9 Å². The molecular formula is C13H15NO4. The molecule has 0 spiro atoms.